The maximum absolute atomic E-state index is 12.3. The number of nitrogens with one attached hydrogen (secondary N) is 1. The molecule has 116 valence electrons. The number of halogens is 1. The van der Waals surface area contributed by atoms with Gasteiger partial charge in [0, 0.05) is 23.8 Å². The molecule has 0 saturated carbocycles. The number of rotatable bonds is 4. The van der Waals surface area contributed by atoms with Crippen molar-refractivity contribution in [3.63, 3.8) is 0 Å². The number of carbonyl (C=O) groups is 1. The molecule has 0 aliphatic heterocycles. The topological polar surface area (TPSA) is 41.6 Å². The molecule has 22 heavy (non-hydrogen) atoms. The van der Waals surface area contributed by atoms with Gasteiger partial charge in [0.1, 0.15) is 5.75 Å². The molecule has 0 aromatic heterocycles. The van der Waals surface area contributed by atoms with Gasteiger partial charge in [-0.2, -0.15) is 0 Å². The van der Waals surface area contributed by atoms with E-state index >= 15 is 0 Å². The lowest BCUT2D eigenvalue weighted by molar-refractivity contribution is 0.220. The SMILES string of the molecule is COc1cccc(CN(C)C(=O)Nc2ccc(Br)cc2C)c1. The first kappa shape index (κ1) is 16.4. The molecule has 2 amide bonds. The minimum atomic E-state index is -0.145. The van der Waals surface area contributed by atoms with E-state index in [0.29, 0.717) is 6.54 Å². The van der Waals surface area contributed by atoms with Gasteiger partial charge in [-0.15, -0.1) is 0 Å². The first-order valence-corrected chi connectivity index (χ1v) is 7.70. The zero-order valence-corrected chi connectivity index (χ0v) is 14.5. The monoisotopic (exact) mass is 362 g/mol. The van der Waals surface area contributed by atoms with Crippen LogP contribution in [0.25, 0.3) is 0 Å². The smallest absolute Gasteiger partial charge is 0.321 e. The second kappa shape index (κ2) is 7.31. The number of carbonyl (C=O) groups excluding carboxylic acids is 1. The summed E-state index contributed by atoms with van der Waals surface area (Å²) < 4.78 is 6.19. The van der Waals surface area contributed by atoms with Gasteiger partial charge in [0.25, 0.3) is 0 Å². The second-order valence-electron chi connectivity index (χ2n) is 5.10. The minimum absolute atomic E-state index is 0.145. The summed E-state index contributed by atoms with van der Waals surface area (Å²) in [5.74, 6) is 0.787. The molecule has 0 aliphatic rings. The zero-order chi connectivity index (χ0) is 16.1. The molecule has 2 aromatic rings. The molecule has 0 fully saturated rings. The van der Waals surface area contributed by atoms with E-state index in [1.54, 1.807) is 19.1 Å². The van der Waals surface area contributed by atoms with Crippen LogP contribution in [0.2, 0.25) is 0 Å². The Morgan fingerprint density at radius 1 is 1.27 bits per heavy atom. The van der Waals surface area contributed by atoms with Gasteiger partial charge in [-0.05, 0) is 48.4 Å². The molecule has 4 nitrogen and oxygen atoms in total. The largest absolute Gasteiger partial charge is 0.497 e. The Labute approximate surface area is 139 Å². The van der Waals surface area contributed by atoms with Crippen LogP contribution < -0.4 is 10.1 Å². The molecular weight excluding hydrogens is 344 g/mol. The third-order valence-electron chi connectivity index (χ3n) is 3.33. The predicted molar refractivity (Wildman–Crippen MR) is 92.4 cm³/mol. The number of methoxy groups -OCH3 is 1. The molecule has 5 heteroatoms. The van der Waals surface area contributed by atoms with Crippen LogP contribution in [-0.2, 0) is 6.54 Å². The normalized spacial score (nSPS) is 10.2. The van der Waals surface area contributed by atoms with Crippen LogP contribution in [-0.4, -0.2) is 25.1 Å². The van der Waals surface area contributed by atoms with Crippen molar-refractivity contribution in [1.82, 2.24) is 4.90 Å². The summed E-state index contributed by atoms with van der Waals surface area (Å²) in [4.78, 5) is 13.9. The van der Waals surface area contributed by atoms with Gasteiger partial charge in [0.15, 0.2) is 0 Å². The number of nitrogens with zero attached hydrogens (tertiary/aromatic N) is 1. The molecule has 0 bridgehead atoms. The average Bonchev–Trinajstić information content (AvgIpc) is 2.50. The van der Waals surface area contributed by atoms with E-state index in [4.69, 9.17) is 4.74 Å². The fourth-order valence-corrected chi connectivity index (χ4v) is 2.57. The van der Waals surface area contributed by atoms with Crippen LogP contribution in [0.15, 0.2) is 46.9 Å². The highest BCUT2D eigenvalue weighted by molar-refractivity contribution is 9.10. The first-order chi connectivity index (χ1) is 10.5. The molecule has 0 spiro atoms. The molecule has 2 rings (SSSR count). The Kier molecular flexibility index (Phi) is 5.44. The number of amides is 2. The van der Waals surface area contributed by atoms with E-state index in [-0.39, 0.29) is 6.03 Å². The molecule has 0 aliphatic carbocycles. The van der Waals surface area contributed by atoms with Crippen LogP contribution in [0.1, 0.15) is 11.1 Å². The van der Waals surface area contributed by atoms with Crippen molar-refractivity contribution in [1.29, 1.82) is 0 Å². The van der Waals surface area contributed by atoms with E-state index in [0.717, 1.165) is 27.0 Å². The number of urea groups is 1. The van der Waals surface area contributed by atoms with Gasteiger partial charge in [-0.3, -0.25) is 0 Å². The molecule has 0 radical (unpaired) electrons. The van der Waals surface area contributed by atoms with Gasteiger partial charge < -0.3 is 15.0 Å². The summed E-state index contributed by atoms with van der Waals surface area (Å²) in [7, 11) is 3.40. The summed E-state index contributed by atoms with van der Waals surface area (Å²) in [5.41, 5.74) is 2.84. The number of benzene rings is 2. The summed E-state index contributed by atoms with van der Waals surface area (Å²) in [6.07, 6.45) is 0. The highest BCUT2D eigenvalue weighted by Crippen LogP contribution is 2.20. The van der Waals surface area contributed by atoms with Crippen molar-refractivity contribution in [2.24, 2.45) is 0 Å². The highest BCUT2D eigenvalue weighted by atomic mass is 79.9. The lowest BCUT2D eigenvalue weighted by Crippen LogP contribution is -2.31. The average molecular weight is 363 g/mol. The predicted octanol–water partition coefficient (Wildman–Crippen LogP) is 4.43. The number of hydrogen-bond donors (Lipinski definition) is 1. The van der Waals surface area contributed by atoms with Crippen LogP contribution in [0.4, 0.5) is 10.5 Å². The first-order valence-electron chi connectivity index (χ1n) is 6.91. The lowest BCUT2D eigenvalue weighted by atomic mass is 10.2. The number of aryl methyl sites for hydroxylation is 1. The zero-order valence-electron chi connectivity index (χ0n) is 12.9. The van der Waals surface area contributed by atoms with Crippen LogP contribution >= 0.6 is 15.9 Å². The van der Waals surface area contributed by atoms with Gasteiger partial charge >= 0.3 is 6.03 Å². The maximum atomic E-state index is 12.3. The van der Waals surface area contributed by atoms with Gasteiger partial charge in [-0.25, -0.2) is 4.79 Å². The standard InChI is InChI=1S/C17H19BrN2O2/c1-12-9-14(18)7-8-16(12)19-17(21)20(2)11-13-5-4-6-15(10-13)22-3/h4-10H,11H2,1-3H3,(H,19,21). The van der Waals surface area contributed by atoms with E-state index in [1.807, 2.05) is 49.4 Å². The summed E-state index contributed by atoms with van der Waals surface area (Å²) >= 11 is 3.41. The summed E-state index contributed by atoms with van der Waals surface area (Å²) in [5, 5.41) is 2.92. The molecule has 0 unspecified atom stereocenters. The molecule has 0 saturated heterocycles. The molecule has 0 heterocycles. The quantitative estimate of drug-likeness (QED) is 0.873. The van der Waals surface area contributed by atoms with Gasteiger partial charge in [-0.1, -0.05) is 28.1 Å². The van der Waals surface area contributed by atoms with Crippen LogP contribution in [0, 0.1) is 6.92 Å². The Morgan fingerprint density at radius 2 is 2.05 bits per heavy atom. The maximum Gasteiger partial charge on any atom is 0.321 e. The van der Waals surface area contributed by atoms with E-state index in [2.05, 4.69) is 21.2 Å². The van der Waals surface area contributed by atoms with Gasteiger partial charge in [0.2, 0.25) is 0 Å². The summed E-state index contributed by atoms with van der Waals surface area (Å²) in [6, 6.07) is 13.3. The Bertz CT molecular complexity index is 673. The van der Waals surface area contributed by atoms with Crippen molar-refractivity contribution < 1.29 is 9.53 Å². The molecule has 2 aromatic carbocycles. The van der Waals surface area contributed by atoms with E-state index in [9.17, 15) is 4.79 Å². The number of hydrogen-bond acceptors (Lipinski definition) is 2. The molecular formula is C17H19BrN2O2. The third kappa shape index (κ3) is 4.24. The van der Waals surface area contributed by atoms with Crippen molar-refractivity contribution >= 4 is 27.6 Å². The van der Waals surface area contributed by atoms with Crippen molar-refractivity contribution in [3.8, 4) is 5.75 Å². The fourth-order valence-electron chi connectivity index (χ4n) is 2.09. The van der Waals surface area contributed by atoms with Crippen LogP contribution in [0.5, 0.6) is 5.75 Å². The number of ether oxygens (including phenoxy) is 1. The number of anilines is 1. The lowest BCUT2D eigenvalue weighted by Gasteiger charge is -2.19. The minimum Gasteiger partial charge on any atom is -0.497 e. The molecule has 1 N–H and O–H groups in total. The van der Waals surface area contributed by atoms with E-state index in [1.165, 1.54) is 0 Å². The highest BCUT2D eigenvalue weighted by Gasteiger charge is 2.11. The summed E-state index contributed by atoms with van der Waals surface area (Å²) in [6.45, 7) is 2.47. The second-order valence-corrected chi connectivity index (χ2v) is 6.01. The van der Waals surface area contributed by atoms with Crippen molar-refractivity contribution in [3.05, 3.63) is 58.1 Å². The third-order valence-corrected chi connectivity index (χ3v) is 3.82. The van der Waals surface area contributed by atoms with Crippen molar-refractivity contribution in [2.75, 3.05) is 19.5 Å². The van der Waals surface area contributed by atoms with Gasteiger partial charge in [0.05, 0.1) is 7.11 Å². The van der Waals surface area contributed by atoms with Crippen LogP contribution in [0.3, 0.4) is 0 Å². The Morgan fingerprint density at radius 3 is 2.73 bits per heavy atom. The van der Waals surface area contributed by atoms with E-state index < -0.39 is 0 Å². The Balaban J connectivity index is 2.02. The Hall–Kier alpha value is -2.01. The fraction of sp³-hybridized carbons (Fsp3) is 0.235. The molecule has 0 atom stereocenters. The van der Waals surface area contributed by atoms with Crippen molar-refractivity contribution in [2.45, 2.75) is 13.5 Å².